The van der Waals surface area contributed by atoms with E-state index < -0.39 is 0 Å². The van der Waals surface area contributed by atoms with Gasteiger partial charge in [-0.05, 0) is 81.0 Å². The maximum absolute atomic E-state index is 6.08. The predicted molar refractivity (Wildman–Crippen MR) is 102 cm³/mol. The third-order valence-electron chi connectivity index (χ3n) is 7.64. The third-order valence-corrected chi connectivity index (χ3v) is 7.64. The Morgan fingerprint density at radius 2 is 1.04 bits per heavy atom. The summed E-state index contributed by atoms with van der Waals surface area (Å²) in [5, 5.41) is 0. The molecule has 0 aromatic carbocycles. The normalized spacial score (nSPS) is 42.3. The van der Waals surface area contributed by atoms with E-state index >= 15 is 0 Å². The lowest BCUT2D eigenvalue weighted by Gasteiger charge is -2.41. The van der Waals surface area contributed by atoms with Gasteiger partial charge in [-0.3, -0.25) is 0 Å². The summed E-state index contributed by atoms with van der Waals surface area (Å²) < 4.78 is 0. The van der Waals surface area contributed by atoms with Crippen molar-refractivity contribution in [1.82, 2.24) is 0 Å². The molecule has 0 aliphatic heterocycles. The van der Waals surface area contributed by atoms with Gasteiger partial charge in [-0.1, -0.05) is 50.4 Å². The second-order valence-electron chi connectivity index (χ2n) is 9.00. The number of hydrogen-bond acceptors (Lipinski definition) is 0. The van der Waals surface area contributed by atoms with Crippen molar-refractivity contribution in [3.05, 3.63) is 12.7 Å². The third kappa shape index (κ3) is 4.89. The van der Waals surface area contributed by atoms with E-state index in [1.807, 2.05) is 0 Å². The quantitative estimate of drug-likeness (QED) is 0.391. The lowest BCUT2D eigenvalue weighted by atomic mass is 9.63. The molecule has 0 atom stereocenters. The molecule has 23 heavy (non-hydrogen) atoms. The molecule has 3 fully saturated rings. The van der Waals surface area contributed by atoms with Gasteiger partial charge in [0.25, 0.3) is 0 Å². The second-order valence-corrected chi connectivity index (χ2v) is 9.00. The Morgan fingerprint density at radius 1 is 0.652 bits per heavy atom. The van der Waals surface area contributed by atoms with Gasteiger partial charge < -0.3 is 0 Å². The summed E-state index contributed by atoms with van der Waals surface area (Å²) in [5.74, 6) is 5.71. The molecule has 0 amide bonds. The molecule has 128 valence electrons. The maximum Gasteiger partial charge on any atom is 0.0699 e. The summed E-state index contributed by atoms with van der Waals surface area (Å²) in [7, 11) is 6.08. The average Bonchev–Trinajstić information content (AvgIpc) is 2.61. The van der Waals surface area contributed by atoms with Gasteiger partial charge in [0.05, 0.1) is 7.85 Å². The van der Waals surface area contributed by atoms with E-state index in [-0.39, 0.29) is 0 Å². The zero-order valence-electron chi connectivity index (χ0n) is 15.2. The van der Waals surface area contributed by atoms with Gasteiger partial charge in [0.1, 0.15) is 0 Å². The molecule has 0 heterocycles. The number of allylic oxidation sites excluding steroid dienone is 1. The van der Waals surface area contributed by atoms with Gasteiger partial charge >= 0.3 is 0 Å². The van der Waals surface area contributed by atoms with Crippen LogP contribution in [-0.4, -0.2) is 7.85 Å². The highest BCUT2D eigenvalue weighted by Crippen LogP contribution is 2.46. The average molecular weight is 312 g/mol. The summed E-state index contributed by atoms with van der Waals surface area (Å²) in [6.45, 7) is 3.88. The summed E-state index contributed by atoms with van der Waals surface area (Å²) in [6.07, 6.45) is 22.3. The van der Waals surface area contributed by atoms with Gasteiger partial charge in [0, 0.05) is 0 Å². The van der Waals surface area contributed by atoms with Gasteiger partial charge in [-0.15, -0.1) is 6.58 Å². The SMILES string of the molecule is [B]C1CCC(C2CCC(C3CCC(CCC=C)CC3)CC2)CC1. The largest absolute Gasteiger partial charge is 0.103 e. The number of rotatable bonds is 5. The first-order valence-electron chi connectivity index (χ1n) is 10.6. The van der Waals surface area contributed by atoms with Gasteiger partial charge in [-0.2, -0.15) is 0 Å². The van der Waals surface area contributed by atoms with Crippen molar-refractivity contribution in [3.8, 4) is 0 Å². The lowest BCUT2D eigenvalue weighted by molar-refractivity contribution is 0.112. The summed E-state index contributed by atoms with van der Waals surface area (Å²) in [4.78, 5) is 0. The van der Waals surface area contributed by atoms with Crippen LogP contribution >= 0.6 is 0 Å². The maximum atomic E-state index is 6.08. The van der Waals surface area contributed by atoms with Crippen LogP contribution in [0.3, 0.4) is 0 Å². The highest BCUT2D eigenvalue weighted by Gasteiger charge is 2.33. The second kappa shape index (κ2) is 8.77. The molecule has 0 spiro atoms. The molecule has 0 bridgehead atoms. The van der Waals surface area contributed by atoms with E-state index in [0.29, 0.717) is 5.82 Å². The lowest BCUT2D eigenvalue weighted by Crippen LogP contribution is -2.29. The molecule has 3 rings (SSSR count). The van der Waals surface area contributed by atoms with E-state index in [0.717, 1.165) is 29.6 Å². The molecule has 0 nitrogen and oxygen atoms in total. The van der Waals surface area contributed by atoms with E-state index in [9.17, 15) is 0 Å². The van der Waals surface area contributed by atoms with Crippen LogP contribution in [0.25, 0.3) is 0 Å². The van der Waals surface area contributed by atoms with Crippen molar-refractivity contribution >= 4 is 7.85 Å². The Balaban J connectivity index is 1.37. The van der Waals surface area contributed by atoms with Crippen molar-refractivity contribution in [2.75, 3.05) is 0 Å². The molecule has 0 saturated heterocycles. The Morgan fingerprint density at radius 3 is 1.48 bits per heavy atom. The minimum atomic E-state index is 0.513. The molecular weight excluding hydrogens is 275 g/mol. The molecule has 0 N–H and O–H groups in total. The molecule has 3 saturated carbocycles. The zero-order chi connectivity index (χ0) is 16.1. The molecule has 0 aromatic heterocycles. The van der Waals surface area contributed by atoms with Crippen LogP contribution in [0, 0.1) is 29.6 Å². The van der Waals surface area contributed by atoms with Crippen LogP contribution in [0.4, 0.5) is 0 Å². The first-order valence-corrected chi connectivity index (χ1v) is 10.6. The zero-order valence-corrected chi connectivity index (χ0v) is 15.2. The van der Waals surface area contributed by atoms with Gasteiger partial charge in [0.15, 0.2) is 0 Å². The topological polar surface area (TPSA) is 0 Å². The van der Waals surface area contributed by atoms with E-state index in [4.69, 9.17) is 7.85 Å². The fourth-order valence-electron chi connectivity index (χ4n) is 6.01. The smallest absolute Gasteiger partial charge is 0.0699 e. The summed E-state index contributed by atoms with van der Waals surface area (Å²) >= 11 is 0. The van der Waals surface area contributed by atoms with Crippen LogP contribution in [0.2, 0.25) is 5.82 Å². The van der Waals surface area contributed by atoms with Crippen molar-refractivity contribution in [1.29, 1.82) is 0 Å². The fraction of sp³-hybridized carbons (Fsp3) is 0.909. The predicted octanol–water partition coefficient (Wildman–Crippen LogP) is 6.71. The van der Waals surface area contributed by atoms with Crippen molar-refractivity contribution < 1.29 is 0 Å². The van der Waals surface area contributed by atoms with E-state index in [1.54, 1.807) is 0 Å². The van der Waals surface area contributed by atoms with Crippen LogP contribution in [0.1, 0.15) is 89.9 Å². The Labute approximate surface area is 146 Å². The van der Waals surface area contributed by atoms with Crippen molar-refractivity contribution in [2.24, 2.45) is 29.6 Å². The Hall–Kier alpha value is -0.195. The number of hydrogen-bond donors (Lipinski definition) is 0. The fourth-order valence-corrected chi connectivity index (χ4v) is 6.01. The monoisotopic (exact) mass is 312 g/mol. The highest BCUT2D eigenvalue weighted by atomic mass is 14.4. The Kier molecular flexibility index (Phi) is 6.72. The first kappa shape index (κ1) is 17.6. The van der Waals surface area contributed by atoms with Crippen LogP contribution < -0.4 is 0 Å². The molecule has 2 radical (unpaired) electrons. The van der Waals surface area contributed by atoms with Gasteiger partial charge in [0.2, 0.25) is 0 Å². The minimum absolute atomic E-state index is 0.513. The minimum Gasteiger partial charge on any atom is -0.103 e. The summed E-state index contributed by atoms with van der Waals surface area (Å²) in [6, 6.07) is 0. The molecular formula is C22H37B. The Bertz CT molecular complexity index is 339. The standard InChI is InChI=1S/C22H37B/c1-2-3-4-17-5-7-18(8-6-17)19-9-11-20(12-10-19)21-13-15-22(23)16-14-21/h2,17-22H,1,3-16H2. The molecule has 0 aromatic rings. The molecule has 3 aliphatic carbocycles. The van der Waals surface area contributed by atoms with Crippen molar-refractivity contribution in [2.45, 2.75) is 95.7 Å². The highest BCUT2D eigenvalue weighted by molar-refractivity contribution is 6.11. The van der Waals surface area contributed by atoms with Crippen LogP contribution in [-0.2, 0) is 0 Å². The van der Waals surface area contributed by atoms with Crippen LogP contribution in [0.15, 0.2) is 12.7 Å². The summed E-state index contributed by atoms with van der Waals surface area (Å²) in [5.41, 5.74) is 0. The molecule has 1 heteroatoms. The first-order chi connectivity index (χ1) is 11.3. The van der Waals surface area contributed by atoms with Crippen LogP contribution in [0.5, 0.6) is 0 Å². The van der Waals surface area contributed by atoms with Crippen molar-refractivity contribution in [3.63, 3.8) is 0 Å². The van der Waals surface area contributed by atoms with E-state index in [1.165, 1.54) is 89.9 Å². The van der Waals surface area contributed by atoms with Gasteiger partial charge in [-0.25, -0.2) is 0 Å². The molecule has 3 aliphatic rings. The van der Waals surface area contributed by atoms with E-state index in [2.05, 4.69) is 12.7 Å². The molecule has 0 unspecified atom stereocenters.